The molecule has 0 saturated carbocycles. The monoisotopic (exact) mass is 303 g/mol. The fraction of sp³-hybridized carbons (Fsp3) is 0.188. The topological polar surface area (TPSA) is 36.9 Å². The maximum atomic E-state index is 13.7. The summed E-state index contributed by atoms with van der Waals surface area (Å²) in [4.78, 5) is 9.83. The molecule has 1 heterocycles. The van der Waals surface area contributed by atoms with Gasteiger partial charge in [-0.1, -0.05) is 36.4 Å². The summed E-state index contributed by atoms with van der Waals surface area (Å²) in [6.45, 7) is 1.40. The Bertz CT molecular complexity index is 656. The molecular formula is C16H15F2N3O. The number of hydrogen-bond acceptors (Lipinski definition) is 4. The Kier molecular flexibility index (Phi) is 4.29. The number of nitrogens with one attached hydrogen (secondary N) is 1. The van der Waals surface area contributed by atoms with Gasteiger partial charge in [0.2, 0.25) is 5.96 Å². The summed E-state index contributed by atoms with van der Waals surface area (Å²) in [7, 11) is 0. The molecule has 3 rings (SSSR count). The third-order valence-electron chi connectivity index (χ3n) is 3.23. The third kappa shape index (κ3) is 3.23. The predicted octanol–water partition coefficient (Wildman–Crippen LogP) is 3.18. The molecule has 0 radical (unpaired) electrons. The Morgan fingerprint density at radius 2 is 1.77 bits per heavy atom. The number of nitrogens with zero attached hydrogens (tertiary/aromatic N) is 2. The van der Waals surface area contributed by atoms with E-state index in [-0.39, 0.29) is 5.69 Å². The molecule has 6 heteroatoms. The van der Waals surface area contributed by atoms with E-state index < -0.39 is 11.6 Å². The Balaban J connectivity index is 1.66. The molecule has 0 aliphatic carbocycles. The molecule has 2 aromatic carbocycles. The van der Waals surface area contributed by atoms with Crippen molar-refractivity contribution >= 4 is 11.6 Å². The Hall–Kier alpha value is -2.47. The summed E-state index contributed by atoms with van der Waals surface area (Å²) in [5.41, 5.74) is 0.780. The highest BCUT2D eigenvalue weighted by atomic mass is 19.1. The summed E-state index contributed by atoms with van der Waals surface area (Å²) in [5, 5.41) is 4.18. The lowest BCUT2D eigenvalue weighted by Crippen LogP contribution is -2.33. The number of benzene rings is 2. The average molecular weight is 303 g/mol. The molecule has 0 bridgehead atoms. The van der Waals surface area contributed by atoms with E-state index in [0.717, 1.165) is 5.56 Å². The molecule has 114 valence electrons. The molecule has 1 aliphatic rings. The molecule has 0 atom stereocenters. The van der Waals surface area contributed by atoms with Crippen molar-refractivity contribution in [3.8, 4) is 0 Å². The molecule has 0 amide bonds. The van der Waals surface area contributed by atoms with Crippen molar-refractivity contribution < 1.29 is 13.6 Å². The third-order valence-corrected chi connectivity index (χ3v) is 3.23. The first-order valence-electron chi connectivity index (χ1n) is 6.94. The van der Waals surface area contributed by atoms with Crippen LogP contribution >= 0.6 is 0 Å². The van der Waals surface area contributed by atoms with Gasteiger partial charge in [-0.15, -0.1) is 0 Å². The Morgan fingerprint density at radius 3 is 2.50 bits per heavy atom. The summed E-state index contributed by atoms with van der Waals surface area (Å²) >= 11 is 0. The van der Waals surface area contributed by atoms with Crippen molar-refractivity contribution in [1.29, 1.82) is 0 Å². The zero-order chi connectivity index (χ0) is 15.4. The van der Waals surface area contributed by atoms with Crippen LogP contribution in [0.5, 0.6) is 0 Å². The van der Waals surface area contributed by atoms with Gasteiger partial charge >= 0.3 is 0 Å². The van der Waals surface area contributed by atoms with E-state index in [1.54, 1.807) is 0 Å². The Morgan fingerprint density at radius 1 is 1.05 bits per heavy atom. The van der Waals surface area contributed by atoms with Gasteiger partial charge in [-0.25, -0.2) is 18.8 Å². The highest BCUT2D eigenvalue weighted by molar-refractivity contribution is 5.94. The first-order chi connectivity index (χ1) is 10.7. The van der Waals surface area contributed by atoms with Crippen LogP contribution in [0.3, 0.4) is 0 Å². The number of anilines is 1. The highest BCUT2D eigenvalue weighted by Gasteiger charge is 2.20. The number of hydrogen-bond donors (Lipinski definition) is 1. The minimum atomic E-state index is -0.669. The smallest absolute Gasteiger partial charge is 0.223 e. The molecule has 0 saturated heterocycles. The fourth-order valence-electron chi connectivity index (χ4n) is 2.11. The summed E-state index contributed by atoms with van der Waals surface area (Å²) in [6.07, 6.45) is 0. The minimum absolute atomic E-state index is 0.225. The molecule has 1 aliphatic heterocycles. The molecule has 0 aromatic heterocycles. The van der Waals surface area contributed by atoms with E-state index in [2.05, 4.69) is 10.3 Å². The lowest BCUT2D eigenvalue weighted by molar-refractivity contribution is -0.103. The summed E-state index contributed by atoms with van der Waals surface area (Å²) < 4.78 is 27.3. The molecule has 0 unspecified atom stereocenters. The molecule has 0 fully saturated rings. The lowest BCUT2D eigenvalue weighted by Gasteiger charge is -2.20. The lowest BCUT2D eigenvalue weighted by atomic mass is 10.2. The number of hydroxylamine groups is 2. The Labute approximate surface area is 127 Å². The van der Waals surface area contributed by atoms with E-state index in [9.17, 15) is 8.78 Å². The van der Waals surface area contributed by atoms with Gasteiger partial charge in [-0.05, 0) is 17.7 Å². The van der Waals surface area contributed by atoms with E-state index in [0.29, 0.717) is 25.7 Å². The minimum Gasteiger partial charge on any atom is -0.320 e. The summed E-state index contributed by atoms with van der Waals surface area (Å²) in [6, 6.07) is 13.3. The van der Waals surface area contributed by atoms with E-state index >= 15 is 0 Å². The number of halogens is 2. The standard InChI is InChI=1S/C16H15F2N3O/c17-13-7-4-8-14(18)15(13)20-16-19-9-10-21(16)22-11-12-5-2-1-3-6-12/h1-8H,9-11H2,(H,19,20). The van der Waals surface area contributed by atoms with Gasteiger partial charge < -0.3 is 5.32 Å². The molecule has 0 spiro atoms. The van der Waals surface area contributed by atoms with Crippen molar-refractivity contribution in [3.63, 3.8) is 0 Å². The van der Waals surface area contributed by atoms with Gasteiger partial charge in [-0.3, -0.25) is 4.84 Å². The van der Waals surface area contributed by atoms with Crippen LogP contribution in [0, 0.1) is 11.6 Å². The maximum absolute atomic E-state index is 13.7. The molecule has 1 N–H and O–H groups in total. The molecule has 2 aromatic rings. The van der Waals surface area contributed by atoms with Gasteiger partial charge in [0, 0.05) is 0 Å². The first kappa shape index (κ1) is 14.5. The molecule has 22 heavy (non-hydrogen) atoms. The largest absolute Gasteiger partial charge is 0.320 e. The van der Waals surface area contributed by atoms with Crippen LogP contribution in [0.4, 0.5) is 14.5 Å². The zero-order valence-electron chi connectivity index (χ0n) is 11.8. The fourth-order valence-corrected chi connectivity index (χ4v) is 2.11. The van der Waals surface area contributed by atoms with Crippen molar-refractivity contribution in [2.45, 2.75) is 6.61 Å². The maximum Gasteiger partial charge on any atom is 0.223 e. The first-order valence-corrected chi connectivity index (χ1v) is 6.94. The van der Waals surface area contributed by atoms with Crippen LogP contribution in [-0.2, 0) is 11.4 Å². The number of para-hydroxylation sites is 1. The van der Waals surface area contributed by atoms with Crippen LogP contribution < -0.4 is 5.32 Å². The number of rotatable bonds is 4. The second-order valence-electron chi connectivity index (χ2n) is 4.79. The number of guanidine groups is 1. The number of aliphatic imine (C=N–C) groups is 1. The van der Waals surface area contributed by atoms with Gasteiger partial charge in [0.15, 0.2) is 0 Å². The van der Waals surface area contributed by atoms with Crippen molar-refractivity contribution in [3.05, 3.63) is 65.7 Å². The van der Waals surface area contributed by atoms with Gasteiger partial charge in [0.05, 0.1) is 13.1 Å². The van der Waals surface area contributed by atoms with E-state index in [4.69, 9.17) is 4.84 Å². The van der Waals surface area contributed by atoms with Crippen molar-refractivity contribution in [2.75, 3.05) is 18.4 Å². The van der Waals surface area contributed by atoms with Crippen LogP contribution in [0.15, 0.2) is 53.5 Å². The van der Waals surface area contributed by atoms with Gasteiger partial charge in [0.25, 0.3) is 0 Å². The normalized spacial score (nSPS) is 14.1. The van der Waals surface area contributed by atoms with Crippen molar-refractivity contribution in [2.24, 2.45) is 4.99 Å². The zero-order valence-corrected chi connectivity index (χ0v) is 11.8. The van der Waals surface area contributed by atoms with Crippen LogP contribution in [0.25, 0.3) is 0 Å². The summed E-state index contributed by atoms with van der Waals surface area (Å²) in [5.74, 6) is -1.03. The van der Waals surface area contributed by atoms with Gasteiger partial charge in [0.1, 0.15) is 23.9 Å². The predicted molar refractivity (Wildman–Crippen MR) is 80.2 cm³/mol. The molecule has 4 nitrogen and oxygen atoms in total. The SMILES string of the molecule is Fc1cccc(F)c1NC1=NCCN1OCc1ccccc1. The van der Waals surface area contributed by atoms with Crippen LogP contribution in [0.2, 0.25) is 0 Å². The van der Waals surface area contributed by atoms with Crippen molar-refractivity contribution in [1.82, 2.24) is 5.06 Å². The van der Waals surface area contributed by atoms with Gasteiger partial charge in [-0.2, -0.15) is 0 Å². The second-order valence-corrected chi connectivity index (χ2v) is 4.79. The average Bonchev–Trinajstić information content (AvgIpc) is 2.97. The van der Waals surface area contributed by atoms with Crippen LogP contribution in [-0.4, -0.2) is 24.1 Å². The quantitative estimate of drug-likeness (QED) is 0.942. The van der Waals surface area contributed by atoms with Crippen LogP contribution in [0.1, 0.15) is 5.56 Å². The highest BCUT2D eigenvalue weighted by Crippen LogP contribution is 2.19. The molecular weight excluding hydrogens is 288 g/mol. The van der Waals surface area contributed by atoms with E-state index in [1.807, 2.05) is 30.3 Å². The second kappa shape index (κ2) is 6.53. The van der Waals surface area contributed by atoms with E-state index in [1.165, 1.54) is 23.3 Å².